The fourth-order valence-electron chi connectivity index (χ4n) is 1.40. The number of aromatic nitrogens is 1. The highest BCUT2D eigenvalue weighted by molar-refractivity contribution is 9.10. The predicted molar refractivity (Wildman–Crippen MR) is 69.2 cm³/mol. The third kappa shape index (κ3) is 3.62. The maximum atomic E-state index is 5.59. The average molecular weight is 304 g/mol. The summed E-state index contributed by atoms with van der Waals surface area (Å²) in [6.45, 7) is 4.24. The van der Waals surface area contributed by atoms with Crippen molar-refractivity contribution in [2.75, 3.05) is 33.2 Å². The summed E-state index contributed by atoms with van der Waals surface area (Å²) in [5, 5.41) is 0. The number of halogens is 1. The normalized spacial score (nSPS) is 18.6. The Hall–Kier alpha value is -0.300. The topological polar surface area (TPSA) is 28.6 Å². The molecule has 0 bridgehead atoms. The first-order chi connectivity index (χ1) is 7.74. The molecule has 6 heteroatoms. The van der Waals surface area contributed by atoms with E-state index in [1.54, 1.807) is 12.4 Å². The molecule has 0 unspecified atom stereocenters. The lowest BCUT2D eigenvalue weighted by atomic mass is 10.4. The van der Waals surface area contributed by atoms with Crippen molar-refractivity contribution in [1.29, 1.82) is 0 Å². The SMILES string of the molecule is CN1CCN(SOc2cncc(Br)c2)CC1. The van der Waals surface area contributed by atoms with Crippen LogP contribution in [0.2, 0.25) is 0 Å². The Balaban J connectivity index is 1.79. The molecule has 16 heavy (non-hydrogen) atoms. The second-order valence-corrected chi connectivity index (χ2v) is 5.48. The first-order valence-electron chi connectivity index (χ1n) is 5.13. The molecule has 1 aromatic rings. The molecule has 4 nitrogen and oxygen atoms in total. The molecule has 2 heterocycles. The summed E-state index contributed by atoms with van der Waals surface area (Å²) < 4.78 is 8.75. The highest BCUT2D eigenvalue weighted by Gasteiger charge is 2.15. The lowest BCUT2D eigenvalue weighted by molar-refractivity contribution is 0.228. The Morgan fingerprint density at radius 3 is 2.75 bits per heavy atom. The molecule has 1 aromatic heterocycles. The number of nitrogens with zero attached hydrogens (tertiary/aromatic N) is 3. The molecular formula is C10H14BrN3OS. The number of hydrogen-bond donors (Lipinski definition) is 0. The van der Waals surface area contributed by atoms with Crippen LogP contribution in [0.5, 0.6) is 5.75 Å². The van der Waals surface area contributed by atoms with Crippen LogP contribution in [0, 0.1) is 0 Å². The lowest BCUT2D eigenvalue weighted by Crippen LogP contribution is -2.41. The fourth-order valence-corrected chi connectivity index (χ4v) is 2.34. The van der Waals surface area contributed by atoms with Crippen LogP contribution in [-0.4, -0.2) is 47.4 Å². The van der Waals surface area contributed by atoms with Crippen molar-refractivity contribution >= 4 is 28.2 Å². The van der Waals surface area contributed by atoms with E-state index in [4.69, 9.17) is 4.18 Å². The summed E-state index contributed by atoms with van der Waals surface area (Å²) in [6.07, 6.45) is 3.46. The van der Waals surface area contributed by atoms with E-state index < -0.39 is 0 Å². The first kappa shape index (κ1) is 12.2. The van der Waals surface area contributed by atoms with Crippen LogP contribution in [-0.2, 0) is 0 Å². The number of piperazine rings is 1. The van der Waals surface area contributed by atoms with Gasteiger partial charge in [0.05, 0.1) is 6.20 Å². The Morgan fingerprint density at radius 2 is 2.06 bits per heavy atom. The zero-order valence-corrected chi connectivity index (χ0v) is 11.5. The largest absolute Gasteiger partial charge is 0.408 e. The number of rotatable bonds is 3. The maximum absolute atomic E-state index is 5.59. The highest BCUT2D eigenvalue weighted by Crippen LogP contribution is 2.22. The summed E-state index contributed by atoms with van der Waals surface area (Å²) in [7, 11) is 2.14. The molecule has 1 fully saturated rings. The molecule has 0 aromatic carbocycles. The molecule has 0 atom stereocenters. The van der Waals surface area contributed by atoms with Crippen molar-refractivity contribution in [3.63, 3.8) is 0 Å². The molecule has 0 radical (unpaired) electrons. The minimum Gasteiger partial charge on any atom is -0.408 e. The second kappa shape index (κ2) is 5.86. The van der Waals surface area contributed by atoms with E-state index in [0.29, 0.717) is 0 Å². The van der Waals surface area contributed by atoms with Crippen molar-refractivity contribution in [2.45, 2.75) is 0 Å². The van der Waals surface area contributed by atoms with Crippen LogP contribution in [0.3, 0.4) is 0 Å². The van der Waals surface area contributed by atoms with Crippen LogP contribution in [0.1, 0.15) is 0 Å². The molecule has 0 aliphatic carbocycles. The van der Waals surface area contributed by atoms with Gasteiger partial charge in [0, 0.05) is 36.8 Å². The van der Waals surface area contributed by atoms with E-state index in [-0.39, 0.29) is 0 Å². The molecule has 0 N–H and O–H groups in total. The van der Waals surface area contributed by atoms with Gasteiger partial charge in [0.25, 0.3) is 0 Å². The van der Waals surface area contributed by atoms with Crippen LogP contribution in [0.15, 0.2) is 22.9 Å². The highest BCUT2D eigenvalue weighted by atomic mass is 79.9. The molecule has 0 saturated carbocycles. The van der Waals surface area contributed by atoms with Gasteiger partial charge < -0.3 is 9.08 Å². The number of pyridine rings is 1. The summed E-state index contributed by atoms with van der Waals surface area (Å²) >= 11 is 4.77. The lowest BCUT2D eigenvalue weighted by Gasteiger charge is -2.30. The minimum atomic E-state index is 0.776. The van der Waals surface area contributed by atoms with Gasteiger partial charge in [-0.15, -0.1) is 0 Å². The quantitative estimate of drug-likeness (QED) is 0.629. The molecule has 88 valence electrons. The number of hydrogen-bond acceptors (Lipinski definition) is 5. The zero-order chi connectivity index (χ0) is 11.4. The van der Waals surface area contributed by atoms with Gasteiger partial charge in [0.1, 0.15) is 12.2 Å². The van der Waals surface area contributed by atoms with Crippen molar-refractivity contribution in [2.24, 2.45) is 0 Å². The smallest absolute Gasteiger partial charge is 0.158 e. The van der Waals surface area contributed by atoms with Crippen LogP contribution < -0.4 is 4.18 Å². The van der Waals surface area contributed by atoms with Gasteiger partial charge in [-0.25, -0.2) is 4.31 Å². The molecule has 0 amide bonds. The van der Waals surface area contributed by atoms with Crippen molar-refractivity contribution in [3.8, 4) is 5.75 Å². The van der Waals surface area contributed by atoms with Gasteiger partial charge in [-0.05, 0) is 29.0 Å². The van der Waals surface area contributed by atoms with Gasteiger partial charge in [0.2, 0.25) is 0 Å². The monoisotopic (exact) mass is 303 g/mol. The molecule has 2 rings (SSSR count). The summed E-state index contributed by atoms with van der Waals surface area (Å²) in [5.41, 5.74) is 0. The summed E-state index contributed by atoms with van der Waals surface area (Å²) in [4.78, 5) is 6.37. The van der Waals surface area contributed by atoms with Gasteiger partial charge >= 0.3 is 0 Å². The van der Waals surface area contributed by atoms with Gasteiger partial charge in [-0.2, -0.15) is 0 Å². The van der Waals surface area contributed by atoms with E-state index in [0.717, 1.165) is 36.4 Å². The standard InChI is InChI=1S/C10H14BrN3OS/c1-13-2-4-14(5-3-13)16-15-10-6-9(11)7-12-8-10/h6-8H,2-5H2,1H3. The van der Waals surface area contributed by atoms with E-state index in [9.17, 15) is 0 Å². The average Bonchev–Trinajstić information content (AvgIpc) is 2.28. The van der Waals surface area contributed by atoms with Crippen molar-refractivity contribution in [1.82, 2.24) is 14.2 Å². The molecule has 1 aliphatic rings. The minimum absolute atomic E-state index is 0.776. The zero-order valence-electron chi connectivity index (χ0n) is 9.10. The van der Waals surface area contributed by atoms with E-state index in [2.05, 4.69) is 37.2 Å². The van der Waals surface area contributed by atoms with Crippen LogP contribution in [0.4, 0.5) is 0 Å². The number of likely N-dealkylation sites (N-methyl/N-ethyl adjacent to an activating group) is 1. The molecule has 1 saturated heterocycles. The second-order valence-electron chi connectivity index (χ2n) is 3.73. The van der Waals surface area contributed by atoms with Crippen molar-refractivity contribution < 1.29 is 4.18 Å². The first-order valence-corrected chi connectivity index (χ1v) is 6.62. The van der Waals surface area contributed by atoms with Crippen LogP contribution in [0.25, 0.3) is 0 Å². The Morgan fingerprint density at radius 1 is 1.31 bits per heavy atom. The van der Waals surface area contributed by atoms with Crippen LogP contribution >= 0.6 is 28.2 Å². The molecule has 0 spiro atoms. The third-order valence-electron chi connectivity index (χ3n) is 2.38. The summed E-state index contributed by atoms with van der Waals surface area (Å²) in [6, 6.07) is 1.91. The van der Waals surface area contributed by atoms with Gasteiger partial charge in [-0.3, -0.25) is 4.98 Å². The molecular weight excluding hydrogens is 290 g/mol. The van der Waals surface area contributed by atoms with E-state index >= 15 is 0 Å². The Kier molecular flexibility index (Phi) is 4.45. The van der Waals surface area contributed by atoms with Gasteiger partial charge in [0.15, 0.2) is 5.75 Å². The summed E-state index contributed by atoms with van der Waals surface area (Å²) in [5.74, 6) is 0.776. The Labute approximate surface area is 108 Å². The van der Waals surface area contributed by atoms with E-state index in [1.807, 2.05) is 6.07 Å². The predicted octanol–water partition coefficient (Wildman–Crippen LogP) is 2.03. The fraction of sp³-hybridized carbons (Fsp3) is 0.500. The maximum Gasteiger partial charge on any atom is 0.158 e. The Bertz CT molecular complexity index is 345. The van der Waals surface area contributed by atoms with E-state index in [1.165, 1.54) is 12.2 Å². The molecule has 1 aliphatic heterocycles. The van der Waals surface area contributed by atoms with Crippen molar-refractivity contribution in [3.05, 3.63) is 22.9 Å². The van der Waals surface area contributed by atoms with Gasteiger partial charge in [-0.1, -0.05) is 0 Å². The third-order valence-corrected chi connectivity index (χ3v) is 3.66.